The topological polar surface area (TPSA) is 78.6 Å². The standard InChI is InChI=1S/C9H15N3O3/c1-6(4-12(2)3)10-9-11-7(5-15-9)8(13)14/h5-6H,4H2,1-3H3,(H,10,11)(H,13,14). The highest BCUT2D eigenvalue weighted by molar-refractivity contribution is 5.85. The maximum absolute atomic E-state index is 10.5. The number of oxazole rings is 1. The van der Waals surface area contributed by atoms with Gasteiger partial charge < -0.3 is 19.7 Å². The third kappa shape index (κ3) is 3.59. The highest BCUT2D eigenvalue weighted by atomic mass is 16.4. The van der Waals surface area contributed by atoms with Gasteiger partial charge in [0.1, 0.15) is 6.26 Å². The number of carboxylic acids is 1. The van der Waals surface area contributed by atoms with Crippen LogP contribution in [0, 0.1) is 0 Å². The van der Waals surface area contributed by atoms with Crippen molar-refractivity contribution in [1.29, 1.82) is 0 Å². The number of likely N-dealkylation sites (N-methyl/N-ethyl adjacent to an activating group) is 1. The maximum atomic E-state index is 10.5. The van der Waals surface area contributed by atoms with Gasteiger partial charge in [0.2, 0.25) is 0 Å². The number of hydrogen-bond donors (Lipinski definition) is 2. The van der Waals surface area contributed by atoms with Crippen LogP contribution in [0.2, 0.25) is 0 Å². The molecule has 84 valence electrons. The summed E-state index contributed by atoms with van der Waals surface area (Å²) in [7, 11) is 3.91. The minimum Gasteiger partial charge on any atom is -0.476 e. The molecule has 0 spiro atoms. The number of carboxylic acid groups (broad SMARTS) is 1. The van der Waals surface area contributed by atoms with E-state index in [0.717, 1.165) is 12.8 Å². The Morgan fingerprint density at radius 1 is 1.73 bits per heavy atom. The molecule has 0 aliphatic rings. The molecule has 6 nitrogen and oxygen atoms in total. The maximum Gasteiger partial charge on any atom is 0.357 e. The first-order valence-corrected chi connectivity index (χ1v) is 4.59. The minimum atomic E-state index is -1.09. The molecule has 0 saturated heterocycles. The summed E-state index contributed by atoms with van der Waals surface area (Å²) in [5.74, 6) is -1.09. The van der Waals surface area contributed by atoms with Crippen molar-refractivity contribution < 1.29 is 14.3 Å². The smallest absolute Gasteiger partial charge is 0.357 e. The second kappa shape index (κ2) is 4.79. The van der Waals surface area contributed by atoms with Gasteiger partial charge in [0.15, 0.2) is 5.69 Å². The Morgan fingerprint density at radius 2 is 2.40 bits per heavy atom. The summed E-state index contributed by atoms with van der Waals surface area (Å²) < 4.78 is 4.96. The van der Waals surface area contributed by atoms with Crippen LogP contribution in [0.3, 0.4) is 0 Å². The van der Waals surface area contributed by atoms with Crippen LogP contribution in [0.4, 0.5) is 6.01 Å². The molecule has 15 heavy (non-hydrogen) atoms. The van der Waals surface area contributed by atoms with E-state index in [1.807, 2.05) is 25.9 Å². The van der Waals surface area contributed by atoms with E-state index in [4.69, 9.17) is 9.52 Å². The van der Waals surface area contributed by atoms with Crippen LogP contribution in [0.15, 0.2) is 10.7 Å². The number of nitrogens with one attached hydrogen (secondary N) is 1. The SMILES string of the molecule is CC(CN(C)C)Nc1nc(C(=O)O)co1. The summed E-state index contributed by atoms with van der Waals surface area (Å²) in [5, 5.41) is 11.6. The number of carbonyl (C=O) groups is 1. The summed E-state index contributed by atoms with van der Waals surface area (Å²) in [6, 6.07) is 0.377. The van der Waals surface area contributed by atoms with Crippen molar-refractivity contribution in [1.82, 2.24) is 9.88 Å². The molecule has 0 fully saturated rings. The Bertz CT molecular complexity index is 335. The Balaban J connectivity index is 2.53. The van der Waals surface area contributed by atoms with Crippen molar-refractivity contribution in [3.8, 4) is 0 Å². The number of aromatic carboxylic acids is 1. The molecule has 2 N–H and O–H groups in total. The van der Waals surface area contributed by atoms with Crippen LogP contribution in [0.1, 0.15) is 17.4 Å². The number of aromatic nitrogens is 1. The van der Waals surface area contributed by atoms with Crippen molar-refractivity contribution in [2.75, 3.05) is 26.0 Å². The van der Waals surface area contributed by atoms with Crippen LogP contribution < -0.4 is 5.32 Å². The number of rotatable bonds is 5. The summed E-state index contributed by atoms with van der Waals surface area (Å²) in [4.78, 5) is 16.3. The van der Waals surface area contributed by atoms with E-state index in [0.29, 0.717) is 0 Å². The quantitative estimate of drug-likeness (QED) is 0.750. The molecule has 0 aliphatic carbocycles. The zero-order chi connectivity index (χ0) is 11.4. The first-order valence-electron chi connectivity index (χ1n) is 4.59. The van der Waals surface area contributed by atoms with E-state index in [-0.39, 0.29) is 17.8 Å². The lowest BCUT2D eigenvalue weighted by molar-refractivity contribution is 0.0690. The Labute approximate surface area is 87.9 Å². The van der Waals surface area contributed by atoms with E-state index in [2.05, 4.69) is 10.3 Å². The fourth-order valence-electron chi connectivity index (χ4n) is 1.24. The van der Waals surface area contributed by atoms with Gasteiger partial charge in [-0.05, 0) is 21.0 Å². The molecule has 1 aromatic rings. The van der Waals surface area contributed by atoms with Crippen LogP contribution >= 0.6 is 0 Å². The van der Waals surface area contributed by atoms with Crippen molar-refractivity contribution in [3.05, 3.63) is 12.0 Å². The number of anilines is 1. The van der Waals surface area contributed by atoms with Gasteiger partial charge in [0, 0.05) is 12.6 Å². The van der Waals surface area contributed by atoms with E-state index < -0.39 is 5.97 Å². The third-order valence-corrected chi connectivity index (χ3v) is 1.73. The average molecular weight is 213 g/mol. The molecule has 1 heterocycles. The second-order valence-corrected chi connectivity index (χ2v) is 3.65. The highest BCUT2D eigenvalue weighted by Gasteiger charge is 2.12. The first-order chi connectivity index (χ1) is 6.99. The summed E-state index contributed by atoms with van der Waals surface area (Å²) in [5.41, 5.74) is -0.0884. The van der Waals surface area contributed by atoms with Gasteiger partial charge in [-0.25, -0.2) is 4.79 Å². The first kappa shape index (κ1) is 11.5. The number of nitrogens with zero attached hydrogens (tertiary/aromatic N) is 2. The molecular weight excluding hydrogens is 198 g/mol. The molecule has 0 amide bonds. The van der Waals surface area contributed by atoms with E-state index >= 15 is 0 Å². The fraction of sp³-hybridized carbons (Fsp3) is 0.556. The third-order valence-electron chi connectivity index (χ3n) is 1.73. The molecule has 1 rings (SSSR count). The average Bonchev–Trinajstić information content (AvgIpc) is 2.50. The monoisotopic (exact) mass is 213 g/mol. The molecule has 0 bridgehead atoms. The number of hydrogen-bond acceptors (Lipinski definition) is 5. The van der Waals surface area contributed by atoms with Gasteiger partial charge in [-0.15, -0.1) is 0 Å². The lowest BCUT2D eigenvalue weighted by Crippen LogP contribution is -2.29. The molecule has 0 aliphatic heterocycles. The normalized spacial score (nSPS) is 12.8. The molecule has 0 radical (unpaired) electrons. The van der Waals surface area contributed by atoms with Crippen LogP contribution in [-0.2, 0) is 0 Å². The van der Waals surface area contributed by atoms with Gasteiger partial charge in [0.05, 0.1) is 0 Å². The van der Waals surface area contributed by atoms with Gasteiger partial charge in [-0.1, -0.05) is 0 Å². The largest absolute Gasteiger partial charge is 0.476 e. The van der Waals surface area contributed by atoms with Crippen molar-refractivity contribution >= 4 is 12.0 Å². The van der Waals surface area contributed by atoms with Gasteiger partial charge in [-0.2, -0.15) is 4.98 Å². The molecule has 6 heteroatoms. The van der Waals surface area contributed by atoms with Crippen LogP contribution in [-0.4, -0.2) is 47.6 Å². The van der Waals surface area contributed by atoms with Gasteiger partial charge >= 0.3 is 5.97 Å². The van der Waals surface area contributed by atoms with Crippen molar-refractivity contribution in [3.63, 3.8) is 0 Å². The minimum absolute atomic E-state index is 0.0884. The molecular formula is C9H15N3O3. The van der Waals surface area contributed by atoms with Crippen LogP contribution in [0.25, 0.3) is 0 Å². The summed E-state index contributed by atoms with van der Waals surface area (Å²) >= 11 is 0. The predicted molar refractivity (Wildman–Crippen MR) is 55.1 cm³/mol. The van der Waals surface area contributed by atoms with E-state index in [1.54, 1.807) is 0 Å². The van der Waals surface area contributed by atoms with Crippen molar-refractivity contribution in [2.45, 2.75) is 13.0 Å². The Kier molecular flexibility index (Phi) is 3.68. The lowest BCUT2D eigenvalue weighted by Gasteiger charge is -2.16. The van der Waals surface area contributed by atoms with Crippen molar-refractivity contribution in [2.24, 2.45) is 0 Å². The van der Waals surface area contributed by atoms with Crippen LogP contribution in [0.5, 0.6) is 0 Å². The van der Waals surface area contributed by atoms with E-state index in [9.17, 15) is 4.79 Å². The fourth-order valence-corrected chi connectivity index (χ4v) is 1.24. The zero-order valence-electron chi connectivity index (χ0n) is 9.02. The Hall–Kier alpha value is -1.56. The van der Waals surface area contributed by atoms with E-state index in [1.165, 1.54) is 0 Å². The molecule has 0 saturated carbocycles. The highest BCUT2D eigenvalue weighted by Crippen LogP contribution is 2.08. The second-order valence-electron chi connectivity index (χ2n) is 3.65. The molecule has 1 atom stereocenters. The summed E-state index contributed by atoms with van der Waals surface area (Å²) in [6.07, 6.45) is 1.12. The lowest BCUT2D eigenvalue weighted by atomic mass is 10.3. The molecule has 1 unspecified atom stereocenters. The van der Waals surface area contributed by atoms with Gasteiger partial charge in [0.25, 0.3) is 6.01 Å². The molecule has 1 aromatic heterocycles. The van der Waals surface area contributed by atoms with Gasteiger partial charge in [-0.3, -0.25) is 0 Å². The molecule has 0 aromatic carbocycles. The predicted octanol–water partition coefficient (Wildman–Crippen LogP) is 0.735. The summed E-state index contributed by atoms with van der Waals surface area (Å²) in [6.45, 7) is 2.77. The Morgan fingerprint density at radius 3 is 2.87 bits per heavy atom. The zero-order valence-corrected chi connectivity index (χ0v) is 9.02.